The minimum atomic E-state index is -0.763. The molecule has 1 fully saturated rings. The number of hydrogen-bond acceptors (Lipinski definition) is 5. The van der Waals surface area contributed by atoms with Crippen molar-refractivity contribution in [2.45, 2.75) is 58.6 Å². The van der Waals surface area contributed by atoms with Crippen LogP contribution in [-0.2, 0) is 11.4 Å². The van der Waals surface area contributed by atoms with E-state index < -0.39 is 17.7 Å². The number of aryl methyl sites for hydroxylation is 2. The molecule has 0 amide bonds. The number of benzene rings is 2. The largest absolute Gasteiger partial charge is 0.387 e. The monoisotopic (exact) mass is 508 g/mol. The van der Waals surface area contributed by atoms with Crippen LogP contribution in [0.2, 0.25) is 0 Å². The third-order valence-electron chi connectivity index (χ3n) is 7.09. The lowest BCUT2D eigenvalue weighted by Crippen LogP contribution is -2.36. The molecule has 188 valence electrons. The number of nitrogens with zero attached hydrogens (tertiary/aromatic N) is 4. The second kappa shape index (κ2) is 10.5. The lowest BCUT2D eigenvalue weighted by Gasteiger charge is -2.32. The maximum Gasteiger partial charge on any atom is 0.164 e. The van der Waals surface area contributed by atoms with E-state index in [1.165, 1.54) is 34.9 Å². The van der Waals surface area contributed by atoms with Crippen molar-refractivity contribution in [3.05, 3.63) is 86.4 Å². The van der Waals surface area contributed by atoms with Gasteiger partial charge >= 0.3 is 0 Å². The van der Waals surface area contributed by atoms with Crippen LogP contribution in [0.5, 0.6) is 0 Å². The predicted molar refractivity (Wildman–Crippen MR) is 140 cm³/mol. The molecule has 5 rings (SSSR count). The number of aromatic nitrogens is 1. The Bertz CT molecular complexity index is 1290. The Hall–Kier alpha value is -3.13. The van der Waals surface area contributed by atoms with E-state index in [1.54, 1.807) is 11.3 Å². The smallest absolute Gasteiger partial charge is 0.164 e. The van der Waals surface area contributed by atoms with Gasteiger partial charge < -0.3 is 9.74 Å². The van der Waals surface area contributed by atoms with Crippen LogP contribution in [0.25, 0.3) is 0 Å². The zero-order chi connectivity index (χ0) is 25.2. The summed E-state index contributed by atoms with van der Waals surface area (Å²) in [7, 11) is 0. The number of rotatable bonds is 5. The van der Waals surface area contributed by atoms with Crippen LogP contribution in [-0.4, -0.2) is 34.5 Å². The van der Waals surface area contributed by atoms with Gasteiger partial charge in [-0.05, 0) is 56.9 Å². The average Bonchev–Trinajstić information content (AvgIpc) is 3.55. The van der Waals surface area contributed by atoms with Gasteiger partial charge in [0.2, 0.25) is 0 Å². The van der Waals surface area contributed by atoms with Crippen LogP contribution in [0.3, 0.4) is 0 Å². The summed E-state index contributed by atoms with van der Waals surface area (Å²) >= 11 is 1.62. The number of likely N-dealkylation sites (tertiary alicyclic amines) is 1. The van der Waals surface area contributed by atoms with E-state index in [0.29, 0.717) is 24.6 Å². The van der Waals surface area contributed by atoms with Gasteiger partial charge in [-0.15, -0.1) is 11.3 Å². The molecule has 5 nitrogen and oxygen atoms in total. The summed E-state index contributed by atoms with van der Waals surface area (Å²) in [5.74, 6) is 0.234. The quantitative estimate of drug-likeness (QED) is 0.285. The fourth-order valence-corrected chi connectivity index (χ4v) is 5.83. The molecule has 1 atom stereocenters. The molecule has 3 heterocycles. The molecule has 2 aliphatic rings. The van der Waals surface area contributed by atoms with Crippen molar-refractivity contribution in [1.82, 2.24) is 9.88 Å². The average molecular weight is 509 g/mol. The summed E-state index contributed by atoms with van der Waals surface area (Å²) < 4.78 is 28.3. The summed E-state index contributed by atoms with van der Waals surface area (Å²) in [6, 6.07) is 10.3. The van der Waals surface area contributed by atoms with Crippen molar-refractivity contribution >= 4 is 22.9 Å². The van der Waals surface area contributed by atoms with Crippen molar-refractivity contribution in [1.29, 1.82) is 0 Å². The normalized spacial score (nSPS) is 18.9. The molecule has 0 spiro atoms. The Morgan fingerprint density at radius 1 is 1.14 bits per heavy atom. The highest BCUT2D eigenvalue weighted by atomic mass is 32.1. The number of halogens is 2. The molecule has 8 heteroatoms. The molecule has 1 unspecified atom stereocenters. The summed E-state index contributed by atoms with van der Waals surface area (Å²) in [5, 5.41) is 7.15. The highest BCUT2D eigenvalue weighted by Crippen LogP contribution is 2.35. The van der Waals surface area contributed by atoms with E-state index in [1.807, 2.05) is 5.38 Å². The highest BCUT2D eigenvalue weighted by Gasteiger charge is 2.31. The molecule has 0 N–H and O–H groups in total. The summed E-state index contributed by atoms with van der Waals surface area (Å²) in [6.45, 7) is 8.94. The maximum atomic E-state index is 14.1. The molecule has 0 aliphatic carbocycles. The molecule has 2 aliphatic heterocycles. The molecule has 1 saturated heterocycles. The van der Waals surface area contributed by atoms with Crippen molar-refractivity contribution in [2.75, 3.05) is 13.1 Å². The molecular weight excluding hydrogens is 478 g/mol. The SMILES string of the molecule is C/C(=N\Cc1cc(C)ccc1C)N1CCC(c2nc(C3=NOC(c4c(F)cccc4F)C3)cs2)CC1. The first-order chi connectivity index (χ1) is 17.4. The molecule has 3 aromatic rings. The molecule has 0 radical (unpaired) electrons. The second-order valence-electron chi connectivity index (χ2n) is 9.60. The molecular formula is C28H30F2N4OS. The van der Waals surface area contributed by atoms with Gasteiger partial charge in [0.25, 0.3) is 0 Å². The zero-order valence-electron chi connectivity index (χ0n) is 20.8. The van der Waals surface area contributed by atoms with E-state index in [4.69, 9.17) is 14.8 Å². The number of oxime groups is 1. The van der Waals surface area contributed by atoms with E-state index in [0.717, 1.165) is 42.5 Å². The van der Waals surface area contributed by atoms with Gasteiger partial charge in [-0.3, -0.25) is 4.99 Å². The zero-order valence-corrected chi connectivity index (χ0v) is 21.6. The maximum absolute atomic E-state index is 14.1. The fraction of sp³-hybridized carbons (Fsp3) is 0.393. The molecule has 36 heavy (non-hydrogen) atoms. The Balaban J connectivity index is 1.17. The summed E-state index contributed by atoms with van der Waals surface area (Å²) in [6.07, 6.45) is 1.56. The standard InChI is InChI=1S/C28H30F2N4OS/c1-17-7-8-18(2)21(13-17)15-31-19(3)34-11-9-20(10-12-34)28-32-25(16-36-28)24-14-26(35-33-24)27-22(29)5-4-6-23(27)30/h4-8,13,16,20,26H,9-12,14-15H2,1-3H3/b31-19+. The number of amidine groups is 1. The second-order valence-corrected chi connectivity index (χ2v) is 10.5. The van der Waals surface area contributed by atoms with Crippen molar-refractivity contribution in [2.24, 2.45) is 10.1 Å². The van der Waals surface area contributed by atoms with Gasteiger partial charge in [0.15, 0.2) is 6.10 Å². The number of hydrogen-bond donors (Lipinski definition) is 0. The van der Waals surface area contributed by atoms with Crippen LogP contribution < -0.4 is 0 Å². The van der Waals surface area contributed by atoms with Crippen molar-refractivity contribution in [3.8, 4) is 0 Å². The minimum absolute atomic E-state index is 0.0753. The van der Waals surface area contributed by atoms with Crippen LogP contribution in [0.1, 0.15) is 71.2 Å². The van der Waals surface area contributed by atoms with E-state index in [9.17, 15) is 8.78 Å². The van der Waals surface area contributed by atoms with E-state index in [-0.39, 0.29) is 5.56 Å². The lowest BCUT2D eigenvalue weighted by molar-refractivity contribution is 0.0800. The van der Waals surface area contributed by atoms with Gasteiger partial charge in [-0.2, -0.15) is 0 Å². The predicted octanol–water partition coefficient (Wildman–Crippen LogP) is 6.70. The van der Waals surface area contributed by atoms with Gasteiger partial charge in [-0.25, -0.2) is 13.8 Å². The highest BCUT2D eigenvalue weighted by molar-refractivity contribution is 7.10. The van der Waals surface area contributed by atoms with Gasteiger partial charge in [-0.1, -0.05) is 35.0 Å². The summed E-state index contributed by atoms with van der Waals surface area (Å²) in [4.78, 5) is 17.4. The Morgan fingerprint density at radius 2 is 1.89 bits per heavy atom. The van der Waals surface area contributed by atoms with Crippen LogP contribution in [0.15, 0.2) is 51.9 Å². The number of thiazole rings is 1. The third kappa shape index (κ3) is 5.19. The summed E-state index contributed by atoms with van der Waals surface area (Å²) in [5.41, 5.74) is 5.11. The van der Waals surface area contributed by atoms with E-state index >= 15 is 0 Å². The molecule has 1 aromatic heterocycles. The number of piperidine rings is 1. The van der Waals surface area contributed by atoms with Crippen LogP contribution in [0.4, 0.5) is 8.78 Å². The van der Waals surface area contributed by atoms with E-state index in [2.05, 4.69) is 49.0 Å². The van der Waals surface area contributed by atoms with Crippen LogP contribution >= 0.6 is 11.3 Å². The van der Waals surface area contributed by atoms with Gasteiger partial charge in [0.1, 0.15) is 17.3 Å². The number of aliphatic imine (C=N–C) groups is 1. The lowest BCUT2D eigenvalue weighted by atomic mass is 9.97. The van der Waals surface area contributed by atoms with Crippen molar-refractivity contribution < 1.29 is 13.6 Å². The minimum Gasteiger partial charge on any atom is -0.387 e. The fourth-order valence-electron chi connectivity index (χ4n) is 4.83. The first kappa shape index (κ1) is 24.6. The molecule has 0 bridgehead atoms. The first-order valence-corrected chi connectivity index (χ1v) is 13.2. The third-order valence-corrected chi connectivity index (χ3v) is 8.10. The Kier molecular flexibility index (Phi) is 7.14. The first-order valence-electron chi connectivity index (χ1n) is 12.3. The molecule has 2 aromatic carbocycles. The Labute approximate surface area is 214 Å². The topological polar surface area (TPSA) is 50.1 Å². The van der Waals surface area contributed by atoms with Crippen molar-refractivity contribution in [3.63, 3.8) is 0 Å². The van der Waals surface area contributed by atoms with Gasteiger partial charge in [0, 0.05) is 30.8 Å². The molecule has 0 saturated carbocycles. The van der Waals surface area contributed by atoms with Gasteiger partial charge in [0.05, 0.1) is 28.6 Å². The Morgan fingerprint density at radius 3 is 2.64 bits per heavy atom. The van der Waals surface area contributed by atoms with Crippen LogP contribution in [0, 0.1) is 25.5 Å².